The molecule has 0 bridgehead atoms. The van der Waals surface area contributed by atoms with Gasteiger partial charge in [-0.1, -0.05) is 0 Å². The predicted molar refractivity (Wildman–Crippen MR) is 82.6 cm³/mol. The number of anilines is 1. The number of H-pyrrole nitrogens is 1. The Hall–Kier alpha value is -2.57. The second-order valence-electron chi connectivity index (χ2n) is 5.61. The van der Waals surface area contributed by atoms with Crippen LogP contribution in [0.25, 0.3) is 11.2 Å². The third kappa shape index (κ3) is 2.28. The lowest BCUT2D eigenvalue weighted by molar-refractivity contribution is 0.499. The molecule has 0 aliphatic carbocycles. The van der Waals surface area contributed by atoms with Crippen LogP contribution in [0.1, 0.15) is 30.3 Å². The zero-order chi connectivity index (χ0) is 14.9. The van der Waals surface area contributed by atoms with Gasteiger partial charge in [-0.2, -0.15) is 5.10 Å². The summed E-state index contributed by atoms with van der Waals surface area (Å²) in [5.41, 5.74) is 2.65. The molecule has 4 heterocycles. The minimum atomic E-state index is 0.366. The molecule has 0 aromatic carbocycles. The highest BCUT2D eigenvalue weighted by Crippen LogP contribution is 2.30. The van der Waals surface area contributed by atoms with E-state index in [0.29, 0.717) is 11.6 Å². The van der Waals surface area contributed by atoms with Gasteiger partial charge in [0.2, 0.25) is 0 Å². The summed E-state index contributed by atoms with van der Waals surface area (Å²) in [7, 11) is 0. The first kappa shape index (κ1) is 13.1. The van der Waals surface area contributed by atoms with Crippen molar-refractivity contribution in [2.45, 2.75) is 25.7 Å². The van der Waals surface area contributed by atoms with Gasteiger partial charge in [0.15, 0.2) is 5.65 Å². The van der Waals surface area contributed by atoms with E-state index in [1.165, 1.54) is 0 Å². The number of nitrogens with one attached hydrogen (secondary N) is 1. The van der Waals surface area contributed by atoms with Crippen molar-refractivity contribution in [2.75, 3.05) is 18.0 Å². The number of fused-ring (bicyclic) bond motifs is 1. The molecule has 0 radical (unpaired) electrons. The smallest absolute Gasteiger partial charge is 0.199 e. The van der Waals surface area contributed by atoms with E-state index in [1.54, 1.807) is 12.4 Å². The standard InChI is InChI=1S/C15H17N7/c1-10-16-5-4-12(19-10)22-8-2-3-11(9-22)13-14-15(21-20-13)18-7-6-17-14/h4-7,11H,2-3,8-9H2,1H3,(H,18,20,21)/t11-/m1/s1. The van der Waals surface area contributed by atoms with Gasteiger partial charge < -0.3 is 4.90 Å². The van der Waals surface area contributed by atoms with Crippen LogP contribution in [0.4, 0.5) is 5.82 Å². The molecule has 0 amide bonds. The summed E-state index contributed by atoms with van der Waals surface area (Å²) in [6, 6.07) is 1.97. The van der Waals surface area contributed by atoms with Gasteiger partial charge in [-0.15, -0.1) is 0 Å². The Morgan fingerprint density at radius 3 is 3.00 bits per heavy atom. The molecule has 22 heavy (non-hydrogen) atoms. The molecule has 3 aromatic rings. The normalized spacial score (nSPS) is 18.8. The second-order valence-corrected chi connectivity index (χ2v) is 5.61. The molecule has 4 rings (SSSR count). The first-order chi connectivity index (χ1) is 10.8. The highest BCUT2D eigenvalue weighted by atomic mass is 15.2. The van der Waals surface area contributed by atoms with Crippen LogP contribution in [0.3, 0.4) is 0 Å². The van der Waals surface area contributed by atoms with Gasteiger partial charge in [-0.05, 0) is 25.8 Å². The maximum Gasteiger partial charge on any atom is 0.199 e. The summed E-state index contributed by atoms with van der Waals surface area (Å²) in [5.74, 6) is 2.16. The van der Waals surface area contributed by atoms with Crippen molar-refractivity contribution in [1.29, 1.82) is 0 Å². The Morgan fingerprint density at radius 2 is 2.09 bits per heavy atom. The molecule has 3 aromatic heterocycles. The van der Waals surface area contributed by atoms with Crippen molar-refractivity contribution in [2.24, 2.45) is 0 Å². The number of hydrogen-bond donors (Lipinski definition) is 1. The summed E-state index contributed by atoms with van der Waals surface area (Å²) in [6.45, 7) is 3.85. The molecule has 1 atom stereocenters. The molecule has 1 aliphatic rings. The van der Waals surface area contributed by atoms with Gasteiger partial charge in [-0.3, -0.25) is 5.10 Å². The highest BCUT2D eigenvalue weighted by Gasteiger charge is 2.26. The van der Waals surface area contributed by atoms with E-state index in [1.807, 2.05) is 19.2 Å². The number of aromatic nitrogens is 6. The molecule has 0 unspecified atom stereocenters. The van der Waals surface area contributed by atoms with E-state index in [-0.39, 0.29) is 0 Å². The van der Waals surface area contributed by atoms with Crippen LogP contribution in [0.15, 0.2) is 24.7 Å². The van der Waals surface area contributed by atoms with Crippen LogP contribution < -0.4 is 4.90 Å². The number of piperidine rings is 1. The van der Waals surface area contributed by atoms with E-state index in [9.17, 15) is 0 Å². The minimum absolute atomic E-state index is 0.366. The molecule has 7 nitrogen and oxygen atoms in total. The summed E-state index contributed by atoms with van der Waals surface area (Å²) in [6.07, 6.45) is 7.45. The van der Waals surface area contributed by atoms with Crippen LogP contribution in [0.5, 0.6) is 0 Å². The van der Waals surface area contributed by atoms with Gasteiger partial charge >= 0.3 is 0 Å². The Morgan fingerprint density at radius 1 is 1.18 bits per heavy atom. The Bertz CT molecular complexity index is 797. The molecular formula is C15H17N7. The lowest BCUT2D eigenvalue weighted by atomic mass is 9.94. The van der Waals surface area contributed by atoms with Gasteiger partial charge in [0.25, 0.3) is 0 Å². The van der Waals surface area contributed by atoms with Crippen molar-refractivity contribution in [3.05, 3.63) is 36.2 Å². The SMILES string of the molecule is Cc1nccc(N2CCC[C@@H](c3[nH]nc4nccnc34)C2)n1. The number of aromatic amines is 1. The Balaban J connectivity index is 1.63. The van der Waals surface area contributed by atoms with Gasteiger partial charge in [-0.25, -0.2) is 19.9 Å². The predicted octanol–water partition coefficient (Wildman–Crippen LogP) is 1.84. The van der Waals surface area contributed by atoms with E-state index in [4.69, 9.17) is 0 Å². The maximum absolute atomic E-state index is 4.54. The maximum atomic E-state index is 4.54. The molecule has 112 valence electrons. The monoisotopic (exact) mass is 295 g/mol. The van der Waals surface area contributed by atoms with Crippen molar-refractivity contribution in [1.82, 2.24) is 30.1 Å². The first-order valence-electron chi connectivity index (χ1n) is 7.51. The van der Waals surface area contributed by atoms with E-state index in [2.05, 4.69) is 35.0 Å². The van der Waals surface area contributed by atoms with Gasteiger partial charge in [0, 0.05) is 37.6 Å². The van der Waals surface area contributed by atoms with Crippen molar-refractivity contribution in [3.63, 3.8) is 0 Å². The van der Waals surface area contributed by atoms with Crippen LogP contribution in [0, 0.1) is 6.92 Å². The van der Waals surface area contributed by atoms with Crippen LogP contribution in [-0.2, 0) is 0 Å². The van der Waals surface area contributed by atoms with Crippen LogP contribution in [-0.4, -0.2) is 43.2 Å². The zero-order valence-corrected chi connectivity index (χ0v) is 12.4. The third-order valence-electron chi connectivity index (χ3n) is 4.13. The average molecular weight is 295 g/mol. The molecule has 1 N–H and O–H groups in total. The molecule has 1 aliphatic heterocycles. The molecule has 0 spiro atoms. The topological polar surface area (TPSA) is 83.5 Å². The first-order valence-corrected chi connectivity index (χ1v) is 7.51. The summed E-state index contributed by atoms with van der Waals surface area (Å²) < 4.78 is 0. The fourth-order valence-electron chi connectivity index (χ4n) is 3.09. The minimum Gasteiger partial charge on any atom is -0.356 e. The highest BCUT2D eigenvalue weighted by molar-refractivity contribution is 5.73. The van der Waals surface area contributed by atoms with Crippen molar-refractivity contribution < 1.29 is 0 Å². The molecular weight excluding hydrogens is 278 g/mol. The quantitative estimate of drug-likeness (QED) is 0.776. The van der Waals surface area contributed by atoms with Gasteiger partial charge in [0.1, 0.15) is 17.2 Å². The summed E-state index contributed by atoms with van der Waals surface area (Å²) in [5, 5.41) is 7.40. The van der Waals surface area contributed by atoms with Crippen LogP contribution >= 0.6 is 0 Å². The third-order valence-corrected chi connectivity index (χ3v) is 4.13. The largest absolute Gasteiger partial charge is 0.356 e. The van der Waals surface area contributed by atoms with Crippen molar-refractivity contribution in [3.8, 4) is 0 Å². The fraction of sp³-hybridized carbons (Fsp3) is 0.400. The summed E-state index contributed by atoms with van der Waals surface area (Å²) >= 11 is 0. The second kappa shape index (κ2) is 5.32. The lowest BCUT2D eigenvalue weighted by Gasteiger charge is -2.33. The molecule has 0 saturated carbocycles. The number of hydrogen-bond acceptors (Lipinski definition) is 6. The molecule has 1 fully saturated rings. The van der Waals surface area contributed by atoms with Gasteiger partial charge in [0.05, 0.1) is 5.69 Å². The van der Waals surface area contributed by atoms with E-state index in [0.717, 1.165) is 48.8 Å². The summed E-state index contributed by atoms with van der Waals surface area (Å²) in [4.78, 5) is 19.7. The van der Waals surface area contributed by atoms with E-state index < -0.39 is 0 Å². The molecule has 7 heteroatoms. The molecule has 1 saturated heterocycles. The van der Waals surface area contributed by atoms with Crippen molar-refractivity contribution >= 4 is 17.0 Å². The number of aryl methyl sites for hydroxylation is 1. The number of rotatable bonds is 2. The van der Waals surface area contributed by atoms with Crippen LogP contribution in [0.2, 0.25) is 0 Å². The van der Waals surface area contributed by atoms with E-state index >= 15 is 0 Å². The number of nitrogens with zero attached hydrogens (tertiary/aromatic N) is 6. The fourth-order valence-corrected chi connectivity index (χ4v) is 3.09. The lowest BCUT2D eigenvalue weighted by Crippen LogP contribution is -2.35. The Kier molecular flexibility index (Phi) is 3.17. The Labute approximate surface area is 127 Å². The average Bonchev–Trinajstić information content (AvgIpc) is 2.99. The zero-order valence-electron chi connectivity index (χ0n) is 12.4.